The van der Waals surface area contributed by atoms with Gasteiger partial charge in [-0.15, -0.1) is 0 Å². The summed E-state index contributed by atoms with van der Waals surface area (Å²) >= 11 is 0. The van der Waals surface area contributed by atoms with Crippen LogP contribution in [0.2, 0.25) is 0 Å². The number of nitrogens with zero attached hydrogens (tertiary/aromatic N) is 3. The molecule has 0 radical (unpaired) electrons. The van der Waals surface area contributed by atoms with E-state index in [0.717, 1.165) is 31.2 Å². The summed E-state index contributed by atoms with van der Waals surface area (Å²) in [6.45, 7) is 8.37. The third-order valence-electron chi connectivity index (χ3n) is 7.04. The highest BCUT2D eigenvalue weighted by Crippen LogP contribution is 2.32. The van der Waals surface area contributed by atoms with Crippen LogP contribution in [-0.4, -0.2) is 71.3 Å². The van der Waals surface area contributed by atoms with Crippen LogP contribution in [-0.2, 0) is 9.53 Å². The highest BCUT2D eigenvalue weighted by molar-refractivity contribution is 5.81. The third kappa shape index (κ3) is 6.95. The van der Waals surface area contributed by atoms with Crippen LogP contribution < -0.4 is 4.74 Å². The molecular weight excluding hydrogens is 449 g/mol. The Hall–Kier alpha value is -2.64. The average Bonchev–Trinajstić information content (AvgIpc) is 3.28. The lowest BCUT2D eigenvalue weighted by Crippen LogP contribution is -2.42. The molecule has 0 bridgehead atoms. The molecule has 1 aromatic heterocycles. The first-order chi connectivity index (χ1) is 16.7. The SMILES string of the molecule is CC(C)(C)OC(=O)N1CCC(COc2ccc(C3=CCC(C(=O)N4CC[C@H](F)C4)CC3)cn2)CC1. The highest BCUT2D eigenvalue weighted by Gasteiger charge is 2.32. The standard InChI is InChI=1S/C27H38FN3O4/c1-27(2,3)35-26(33)30-13-10-19(11-14-30)18-34-24-9-8-22(16-29-24)20-4-6-21(7-5-20)25(32)31-15-12-23(28)17-31/h4,8-9,16,19,21,23H,5-7,10-15,17-18H2,1-3H3/t21?,23-/m0/s1. The van der Waals surface area contributed by atoms with Crippen LogP contribution in [0.4, 0.5) is 9.18 Å². The van der Waals surface area contributed by atoms with Crippen molar-refractivity contribution in [2.24, 2.45) is 11.8 Å². The lowest BCUT2D eigenvalue weighted by Gasteiger charge is -2.33. The van der Waals surface area contributed by atoms with Gasteiger partial charge >= 0.3 is 6.09 Å². The van der Waals surface area contributed by atoms with Crippen LogP contribution in [0.15, 0.2) is 24.4 Å². The summed E-state index contributed by atoms with van der Waals surface area (Å²) in [5.41, 5.74) is 1.78. The summed E-state index contributed by atoms with van der Waals surface area (Å²) in [7, 11) is 0. The summed E-state index contributed by atoms with van der Waals surface area (Å²) in [5, 5.41) is 0. The Kier molecular flexibility index (Phi) is 7.97. The number of rotatable bonds is 5. The molecule has 2 aliphatic heterocycles. The van der Waals surface area contributed by atoms with Crippen LogP contribution in [0.5, 0.6) is 5.88 Å². The number of piperidine rings is 1. The van der Waals surface area contributed by atoms with Gasteiger partial charge in [0.25, 0.3) is 0 Å². The topological polar surface area (TPSA) is 72.0 Å². The molecule has 2 atom stereocenters. The molecule has 1 unspecified atom stereocenters. The Morgan fingerprint density at radius 3 is 2.40 bits per heavy atom. The van der Waals surface area contributed by atoms with Crippen LogP contribution in [0.3, 0.4) is 0 Å². The molecule has 0 N–H and O–H groups in total. The number of pyridine rings is 1. The fourth-order valence-electron chi connectivity index (χ4n) is 4.96. The maximum absolute atomic E-state index is 13.4. The van der Waals surface area contributed by atoms with Crippen LogP contribution in [0.1, 0.15) is 64.9 Å². The van der Waals surface area contributed by atoms with Gasteiger partial charge in [0.1, 0.15) is 11.8 Å². The zero-order valence-corrected chi connectivity index (χ0v) is 21.2. The molecule has 8 heteroatoms. The van der Waals surface area contributed by atoms with E-state index in [1.165, 1.54) is 5.57 Å². The second-order valence-electron chi connectivity index (χ2n) is 11.0. The third-order valence-corrected chi connectivity index (χ3v) is 7.04. The number of hydrogen-bond acceptors (Lipinski definition) is 5. The van der Waals surface area contributed by atoms with Crippen LogP contribution in [0, 0.1) is 11.8 Å². The van der Waals surface area contributed by atoms with Gasteiger partial charge in [-0.2, -0.15) is 0 Å². The minimum absolute atomic E-state index is 0.0404. The van der Waals surface area contributed by atoms with E-state index in [-0.39, 0.29) is 24.5 Å². The zero-order chi connectivity index (χ0) is 25.0. The Balaban J connectivity index is 1.20. The second kappa shape index (κ2) is 11.0. The number of alkyl halides is 1. The average molecular weight is 488 g/mol. The van der Waals surface area contributed by atoms with Gasteiger partial charge in [-0.25, -0.2) is 14.2 Å². The molecule has 1 aliphatic carbocycles. The summed E-state index contributed by atoms with van der Waals surface area (Å²) in [6, 6.07) is 3.92. The Morgan fingerprint density at radius 1 is 1.09 bits per heavy atom. The molecular formula is C27H38FN3O4. The van der Waals surface area contributed by atoms with E-state index >= 15 is 0 Å². The van der Waals surface area contributed by atoms with Crippen molar-refractivity contribution in [1.29, 1.82) is 0 Å². The molecule has 0 saturated carbocycles. The van der Waals surface area contributed by atoms with Crippen molar-refractivity contribution in [3.05, 3.63) is 30.0 Å². The van der Waals surface area contributed by atoms with E-state index in [1.54, 1.807) is 9.80 Å². The molecule has 1 aromatic rings. The van der Waals surface area contributed by atoms with E-state index in [2.05, 4.69) is 11.1 Å². The van der Waals surface area contributed by atoms with E-state index in [0.29, 0.717) is 50.9 Å². The predicted octanol–water partition coefficient (Wildman–Crippen LogP) is 4.86. The van der Waals surface area contributed by atoms with Crippen molar-refractivity contribution in [2.45, 2.75) is 71.1 Å². The lowest BCUT2D eigenvalue weighted by molar-refractivity contribution is -0.134. The van der Waals surface area contributed by atoms with Crippen molar-refractivity contribution in [2.75, 3.05) is 32.8 Å². The first-order valence-corrected chi connectivity index (χ1v) is 12.9. The molecule has 2 amide bonds. The number of likely N-dealkylation sites (tertiary alicyclic amines) is 2. The van der Waals surface area contributed by atoms with E-state index < -0.39 is 11.8 Å². The minimum Gasteiger partial charge on any atom is -0.477 e. The normalized spacial score (nSPS) is 23.7. The number of allylic oxidation sites excluding steroid dienone is 2. The number of carbonyl (C=O) groups is 2. The van der Waals surface area contributed by atoms with Crippen molar-refractivity contribution in [3.8, 4) is 5.88 Å². The van der Waals surface area contributed by atoms with E-state index in [9.17, 15) is 14.0 Å². The summed E-state index contributed by atoms with van der Waals surface area (Å²) in [5.74, 6) is 1.04. The highest BCUT2D eigenvalue weighted by atomic mass is 19.1. The molecule has 2 saturated heterocycles. The summed E-state index contributed by atoms with van der Waals surface area (Å²) < 4.78 is 24.8. The number of halogens is 1. The number of carbonyl (C=O) groups excluding carboxylic acids is 2. The van der Waals surface area contributed by atoms with Crippen molar-refractivity contribution in [1.82, 2.24) is 14.8 Å². The van der Waals surface area contributed by atoms with Gasteiger partial charge in [-0.3, -0.25) is 4.79 Å². The minimum atomic E-state index is -0.870. The monoisotopic (exact) mass is 487 g/mol. The van der Waals surface area contributed by atoms with Crippen LogP contribution >= 0.6 is 0 Å². The first kappa shape index (κ1) is 25.5. The van der Waals surface area contributed by atoms with Crippen molar-refractivity contribution >= 4 is 17.6 Å². The quantitative estimate of drug-likeness (QED) is 0.593. The maximum atomic E-state index is 13.4. The van der Waals surface area contributed by atoms with Crippen molar-refractivity contribution < 1.29 is 23.5 Å². The zero-order valence-electron chi connectivity index (χ0n) is 21.2. The first-order valence-electron chi connectivity index (χ1n) is 12.9. The van der Waals surface area contributed by atoms with Crippen molar-refractivity contribution in [3.63, 3.8) is 0 Å². The van der Waals surface area contributed by atoms with Gasteiger partial charge in [-0.05, 0) is 82.4 Å². The largest absolute Gasteiger partial charge is 0.477 e. The fraction of sp³-hybridized carbons (Fsp3) is 0.667. The summed E-state index contributed by atoms with van der Waals surface area (Å²) in [4.78, 5) is 32.8. The summed E-state index contributed by atoms with van der Waals surface area (Å²) in [6.07, 6.45) is 7.39. The molecule has 35 heavy (non-hydrogen) atoms. The Labute approximate surface area is 207 Å². The number of amides is 2. The Morgan fingerprint density at radius 2 is 1.83 bits per heavy atom. The molecule has 0 spiro atoms. The number of ether oxygens (including phenoxy) is 2. The molecule has 3 heterocycles. The molecule has 0 aromatic carbocycles. The van der Waals surface area contributed by atoms with Gasteiger partial charge in [0.15, 0.2) is 0 Å². The van der Waals surface area contributed by atoms with E-state index in [4.69, 9.17) is 9.47 Å². The molecule has 2 fully saturated rings. The number of hydrogen-bond donors (Lipinski definition) is 0. The van der Waals surface area contributed by atoms with Gasteiger partial charge in [0.2, 0.25) is 11.8 Å². The van der Waals surface area contributed by atoms with Gasteiger partial charge in [-0.1, -0.05) is 6.08 Å². The molecule has 192 valence electrons. The maximum Gasteiger partial charge on any atom is 0.410 e. The van der Waals surface area contributed by atoms with Gasteiger partial charge in [0, 0.05) is 37.8 Å². The lowest BCUT2D eigenvalue weighted by atomic mass is 9.86. The molecule has 3 aliphatic rings. The molecule has 4 rings (SSSR count). The predicted molar refractivity (Wildman–Crippen MR) is 132 cm³/mol. The van der Waals surface area contributed by atoms with E-state index in [1.807, 2.05) is 39.1 Å². The second-order valence-corrected chi connectivity index (χ2v) is 11.0. The fourth-order valence-corrected chi connectivity index (χ4v) is 4.96. The van der Waals surface area contributed by atoms with Gasteiger partial charge in [0.05, 0.1) is 13.2 Å². The Bertz CT molecular complexity index is 919. The number of aromatic nitrogens is 1. The molecule has 7 nitrogen and oxygen atoms in total. The smallest absolute Gasteiger partial charge is 0.410 e. The van der Waals surface area contributed by atoms with Crippen LogP contribution in [0.25, 0.3) is 5.57 Å². The van der Waals surface area contributed by atoms with Gasteiger partial charge < -0.3 is 19.3 Å².